The van der Waals surface area contributed by atoms with Gasteiger partial charge in [0.2, 0.25) is 0 Å². The zero-order valence-corrected chi connectivity index (χ0v) is 11.5. The van der Waals surface area contributed by atoms with Crippen molar-refractivity contribution >= 4 is 5.97 Å². The van der Waals surface area contributed by atoms with Crippen LogP contribution < -0.4 is 5.32 Å². The molecule has 1 aromatic carbocycles. The lowest BCUT2D eigenvalue weighted by atomic mass is 9.87. The first-order valence-electron chi connectivity index (χ1n) is 6.38. The predicted octanol–water partition coefficient (Wildman–Crippen LogP) is 2.52. The van der Waals surface area contributed by atoms with E-state index in [2.05, 4.69) is 37.4 Å². The van der Waals surface area contributed by atoms with Crippen molar-refractivity contribution in [3.05, 3.63) is 34.9 Å². The summed E-state index contributed by atoms with van der Waals surface area (Å²) >= 11 is 0. The average molecular weight is 247 g/mol. The summed E-state index contributed by atoms with van der Waals surface area (Å²) in [6, 6.07) is 6.42. The van der Waals surface area contributed by atoms with E-state index in [0.717, 1.165) is 12.8 Å². The maximum absolute atomic E-state index is 12.0. The highest BCUT2D eigenvalue weighted by molar-refractivity contribution is 5.81. The zero-order valence-electron chi connectivity index (χ0n) is 11.5. The van der Waals surface area contributed by atoms with Gasteiger partial charge in [0.05, 0.1) is 12.5 Å². The molecule has 2 rings (SSSR count). The smallest absolute Gasteiger partial charge is 0.313 e. The summed E-state index contributed by atoms with van der Waals surface area (Å²) in [5, 5.41) is 3.30. The van der Waals surface area contributed by atoms with Crippen LogP contribution in [0.25, 0.3) is 0 Å². The molecule has 1 fully saturated rings. The Hall–Kier alpha value is -1.35. The van der Waals surface area contributed by atoms with Gasteiger partial charge in [-0.2, -0.15) is 0 Å². The van der Waals surface area contributed by atoms with Gasteiger partial charge in [-0.3, -0.25) is 4.79 Å². The molecule has 3 nitrogen and oxygen atoms in total. The maximum Gasteiger partial charge on any atom is 0.313 e. The van der Waals surface area contributed by atoms with Crippen molar-refractivity contribution < 1.29 is 9.53 Å². The Labute approximate surface area is 109 Å². The number of nitrogens with one attached hydrogen (secondary N) is 1. The van der Waals surface area contributed by atoms with Crippen LogP contribution in [-0.2, 0) is 9.53 Å². The Morgan fingerprint density at radius 1 is 1.39 bits per heavy atom. The summed E-state index contributed by atoms with van der Waals surface area (Å²) in [4.78, 5) is 12.0. The first-order chi connectivity index (χ1) is 8.55. The van der Waals surface area contributed by atoms with Gasteiger partial charge in [-0.25, -0.2) is 0 Å². The van der Waals surface area contributed by atoms with E-state index in [1.165, 1.54) is 23.8 Å². The molecule has 0 spiro atoms. The normalized spacial score (nSPS) is 18.2. The Balaban J connectivity index is 2.37. The molecule has 1 aliphatic carbocycles. The molecular weight excluding hydrogens is 226 g/mol. The second-order valence-corrected chi connectivity index (χ2v) is 5.23. The average Bonchev–Trinajstić information content (AvgIpc) is 3.13. The minimum Gasteiger partial charge on any atom is -0.469 e. The van der Waals surface area contributed by atoms with E-state index >= 15 is 0 Å². The molecule has 1 aliphatic rings. The first kappa shape index (κ1) is 13.1. The van der Waals surface area contributed by atoms with E-state index in [1.54, 1.807) is 0 Å². The Morgan fingerprint density at radius 3 is 2.50 bits per heavy atom. The highest BCUT2D eigenvalue weighted by atomic mass is 16.5. The topological polar surface area (TPSA) is 38.3 Å². The Kier molecular flexibility index (Phi) is 3.44. The summed E-state index contributed by atoms with van der Waals surface area (Å²) in [5.41, 5.74) is 3.31. The standard InChI is InChI=1S/C15H21NO2/c1-10-5-6-12(11(2)9-10)13(16-3)15(7-8-15)14(17)18-4/h5-6,9,13,16H,7-8H2,1-4H3. The lowest BCUT2D eigenvalue weighted by Crippen LogP contribution is -2.33. The molecule has 1 atom stereocenters. The summed E-state index contributed by atoms with van der Waals surface area (Å²) in [6.07, 6.45) is 1.80. The van der Waals surface area contributed by atoms with Crippen molar-refractivity contribution in [2.24, 2.45) is 5.41 Å². The quantitative estimate of drug-likeness (QED) is 0.831. The fourth-order valence-electron chi connectivity index (χ4n) is 2.83. The van der Waals surface area contributed by atoms with E-state index in [4.69, 9.17) is 4.74 Å². The van der Waals surface area contributed by atoms with Crippen molar-refractivity contribution in [2.75, 3.05) is 14.2 Å². The molecule has 0 saturated heterocycles. The van der Waals surface area contributed by atoms with Crippen molar-refractivity contribution in [1.29, 1.82) is 0 Å². The van der Waals surface area contributed by atoms with Crippen LogP contribution in [0, 0.1) is 19.3 Å². The summed E-state index contributed by atoms with van der Waals surface area (Å²) in [6.45, 7) is 4.18. The van der Waals surface area contributed by atoms with Gasteiger partial charge in [-0.15, -0.1) is 0 Å². The molecule has 0 heterocycles. The molecule has 0 radical (unpaired) electrons. The predicted molar refractivity (Wildman–Crippen MR) is 71.4 cm³/mol. The van der Waals surface area contributed by atoms with Gasteiger partial charge in [0.1, 0.15) is 0 Å². The van der Waals surface area contributed by atoms with Crippen LogP contribution in [0.15, 0.2) is 18.2 Å². The monoisotopic (exact) mass is 247 g/mol. The number of aryl methyl sites for hydroxylation is 2. The van der Waals surface area contributed by atoms with Crippen LogP contribution in [0.2, 0.25) is 0 Å². The maximum atomic E-state index is 12.0. The molecule has 3 heteroatoms. The number of carbonyl (C=O) groups is 1. The summed E-state index contributed by atoms with van der Waals surface area (Å²) in [7, 11) is 3.38. The van der Waals surface area contributed by atoms with Gasteiger partial charge < -0.3 is 10.1 Å². The van der Waals surface area contributed by atoms with Crippen molar-refractivity contribution in [3.63, 3.8) is 0 Å². The van der Waals surface area contributed by atoms with Crippen LogP contribution >= 0.6 is 0 Å². The molecule has 18 heavy (non-hydrogen) atoms. The van der Waals surface area contributed by atoms with Crippen molar-refractivity contribution in [3.8, 4) is 0 Å². The molecule has 1 saturated carbocycles. The van der Waals surface area contributed by atoms with Crippen LogP contribution in [0.1, 0.15) is 35.6 Å². The number of methoxy groups -OCH3 is 1. The highest BCUT2D eigenvalue weighted by Gasteiger charge is 2.57. The molecule has 1 aromatic rings. The molecule has 0 bridgehead atoms. The number of hydrogen-bond acceptors (Lipinski definition) is 3. The highest BCUT2D eigenvalue weighted by Crippen LogP contribution is 2.56. The van der Waals surface area contributed by atoms with Gasteiger partial charge >= 0.3 is 5.97 Å². The number of rotatable bonds is 4. The van der Waals surface area contributed by atoms with E-state index in [0.29, 0.717) is 0 Å². The minimum absolute atomic E-state index is 0.0468. The van der Waals surface area contributed by atoms with Crippen molar-refractivity contribution in [2.45, 2.75) is 32.7 Å². The molecule has 0 amide bonds. The van der Waals surface area contributed by atoms with E-state index in [9.17, 15) is 4.79 Å². The largest absolute Gasteiger partial charge is 0.469 e. The van der Waals surface area contributed by atoms with Crippen LogP contribution in [-0.4, -0.2) is 20.1 Å². The number of benzene rings is 1. The van der Waals surface area contributed by atoms with Gasteiger partial charge in [-0.05, 0) is 44.9 Å². The Bertz CT molecular complexity index is 464. The third-order valence-electron chi connectivity index (χ3n) is 3.96. The second-order valence-electron chi connectivity index (χ2n) is 5.23. The SMILES string of the molecule is CNC(c1ccc(C)cc1C)C1(C(=O)OC)CC1. The summed E-state index contributed by atoms with van der Waals surface area (Å²) in [5.74, 6) is -0.0955. The number of hydrogen-bond donors (Lipinski definition) is 1. The third kappa shape index (κ3) is 2.03. The van der Waals surface area contributed by atoms with Crippen molar-refractivity contribution in [1.82, 2.24) is 5.32 Å². The van der Waals surface area contributed by atoms with E-state index in [-0.39, 0.29) is 17.4 Å². The van der Waals surface area contributed by atoms with E-state index in [1.807, 2.05) is 7.05 Å². The lowest BCUT2D eigenvalue weighted by molar-refractivity contribution is -0.148. The number of esters is 1. The molecule has 0 aliphatic heterocycles. The number of carbonyl (C=O) groups excluding carboxylic acids is 1. The third-order valence-corrected chi connectivity index (χ3v) is 3.96. The molecule has 1 N–H and O–H groups in total. The molecule has 1 unspecified atom stereocenters. The zero-order chi connectivity index (χ0) is 13.3. The summed E-state index contributed by atoms with van der Waals surface area (Å²) < 4.78 is 4.97. The van der Waals surface area contributed by atoms with Crippen LogP contribution in [0.5, 0.6) is 0 Å². The van der Waals surface area contributed by atoms with Crippen LogP contribution in [0.4, 0.5) is 0 Å². The van der Waals surface area contributed by atoms with Gasteiger partial charge in [0.15, 0.2) is 0 Å². The number of ether oxygens (including phenoxy) is 1. The van der Waals surface area contributed by atoms with Gasteiger partial charge in [0, 0.05) is 6.04 Å². The van der Waals surface area contributed by atoms with Crippen LogP contribution in [0.3, 0.4) is 0 Å². The molecular formula is C15H21NO2. The molecule has 0 aromatic heterocycles. The van der Waals surface area contributed by atoms with Gasteiger partial charge in [0.25, 0.3) is 0 Å². The fraction of sp³-hybridized carbons (Fsp3) is 0.533. The van der Waals surface area contributed by atoms with Gasteiger partial charge in [-0.1, -0.05) is 23.8 Å². The minimum atomic E-state index is -0.358. The second kappa shape index (κ2) is 4.73. The Morgan fingerprint density at radius 2 is 2.06 bits per heavy atom. The molecule has 98 valence electrons. The van der Waals surface area contributed by atoms with E-state index < -0.39 is 0 Å². The first-order valence-corrected chi connectivity index (χ1v) is 6.38. The lowest BCUT2D eigenvalue weighted by Gasteiger charge is -2.26. The fourth-order valence-corrected chi connectivity index (χ4v) is 2.83.